The van der Waals surface area contributed by atoms with Gasteiger partial charge in [0.15, 0.2) is 0 Å². The van der Waals surface area contributed by atoms with Gasteiger partial charge in [0.25, 0.3) is 0 Å². The van der Waals surface area contributed by atoms with Crippen molar-refractivity contribution in [1.82, 2.24) is 0 Å². The highest BCUT2D eigenvalue weighted by atomic mass is 28.4. The molecule has 0 saturated heterocycles. The summed E-state index contributed by atoms with van der Waals surface area (Å²) >= 11 is 0. The first-order valence-corrected chi connectivity index (χ1v) is 16.3. The van der Waals surface area contributed by atoms with Crippen molar-refractivity contribution in [3.63, 3.8) is 0 Å². The van der Waals surface area contributed by atoms with E-state index in [9.17, 15) is 0 Å². The first-order valence-electron chi connectivity index (χ1n) is 12.9. The van der Waals surface area contributed by atoms with E-state index in [-0.39, 0.29) is 16.9 Å². The largest absolute Gasteiger partial charge is 0.547 e. The highest BCUT2D eigenvalue weighted by molar-refractivity contribution is 6.70. The lowest BCUT2D eigenvalue weighted by Gasteiger charge is -2.58. The van der Waals surface area contributed by atoms with E-state index in [4.69, 9.17) is 13.9 Å². The van der Waals surface area contributed by atoms with Crippen molar-refractivity contribution in [1.29, 1.82) is 0 Å². The van der Waals surface area contributed by atoms with Crippen molar-refractivity contribution >= 4 is 8.32 Å². The molecule has 2 aliphatic rings. The van der Waals surface area contributed by atoms with E-state index in [2.05, 4.69) is 100 Å². The van der Waals surface area contributed by atoms with E-state index in [0.29, 0.717) is 25.7 Å². The summed E-state index contributed by atoms with van der Waals surface area (Å²) < 4.78 is 19.8. The van der Waals surface area contributed by atoms with Crippen LogP contribution in [0, 0.1) is 16.7 Å². The second kappa shape index (κ2) is 10.4. The van der Waals surface area contributed by atoms with Gasteiger partial charge in [0.1, 0.15) is 0 Å². The first kappa shape index (κ1) is 25.2. The minimum atomic E-state index is -1.69. The molecule has 0 spiro atoms. The molecule has 2 aromatic carbocycles. The fourth-order valence-electron chi connectivity index (χ4n) is 6.13. The van der Waals surface area contributed by atoms with Gasteiger partial charge in [-0.25, -0.2) is 0 Å². The summed E-state index contributed by atoms with van der Waals surface area (Å²) in [5, 5.41) is 0. The molecule has 1 saturated carbocycles. The number of benzene rings is 2. The van der Waals surface area contributed by atoms with Gasteiger partial charge in [-0.05, 0) is 68.4 Å². The van der Waals surface area contributed by atoms with Gasteiger partial charge < -0.3 is 13.9 Å². The molecule has 0 aromatic heterocycles. The first-order chi connectivity index (χ1) is 16.2. The van der Waals surface area contributed by atoms with Crippen LogP contribution in [0.1, 0.15) is 50.7 Å². The molecule has 34 heavy (non-hydrogen) atoms. The zero-order chi connectivity index (χ0) is 24.2. The van der Waals surface area contributed by atoms with Crippen molar-refractivity contribution < 1.29 is 13.9 Å². The lowest BCUT2D eigenvalue weighted by molar-refractivity contribution is -0.169. The number of hydrogen-bond acceptors (Lipinski definition) is 3. The topological polar surface area (TPSA) is 27.7 Å². The van der Waals surface area contributed by atoms with Crippen molar-refractivity contribution in [2.75, 3.05) is 6.61 Å². The Morgan fingerprint density at radius 2 is 1.47 bits per heavy atom. The Bertz CT molecular complexity index is 952. The Morgan fingerprint density at radius 1 is 0.853 bits per heavy atom. The van der Waals surface area contributed by atoms with Crippen LogP contribution in [0.15, 0.2) is 72.5 Å². The number of ether oxygens (including phenoxy) is 2. The average Bonchev–Trinajstić information content (AvgIpc) is 2.80. The monoisotopic (exact) mass is 478 g/mol. The van der Waals surface area contributed by atoms with Gasteiger partial charge in [0.2, 0.25) is 8.32 Å². The minimum absolute atomic E-state index is 0.0377. The molecule has 0 radical (unpaired) electrons. The molecule has 184 valence electrons. The maximum absolute atomic E-state index is 6.70. The van der Waals surface area contributed by atoms with Crippen LogP contribution in [0.4, 0.5) is 0 Å². The molecule has 4 heteroatoms. The zero-order valence-electron chi connectivity index (χ0n) is 21.7. The predicted molar refractivity (Wildman–Crippen MR) is 142 cm³/mol. The molecule has 1 fully saturated rings. The summed E-state index contributed by atoms with van der Waals surface area (Å²) in [6.07, 6.45) is 6.89. The van der Waals surface area contributed by atoms with Crippen LogP contribution in [0.3, 0.4) is 0 Å². The van der Waals surface area contributed by atoms with Crippen LogP contribution in [0.2, 0.25) is 19.6 Å². The third kappa shape index (κ3) is 5.67. The standard InChI is InChI=1S/C30H42O3Si/c1-29-20-19-27(32-22-25-15-10-7-11-16-25)30(2,23-31-21-24-13-8-6-9-14-24)26(29)17-12-18-28(29)33-34(3,4)5/h6-11,13-16,18,26-27H,12,17,19-23H2,1-5H3/t26-,27+,29+,30+/m1/s1. The molecule has 0 N–H and O–H groups in total. The summed E-state index contributed by atoms with van der Waals surface area (Å²) in [5.74, 6) is 1.69. The summed E-state index contributed by atoms with van der Waals surface area (Å²) in [4.78, 5) is 0. The lowest BCUT2D eigenvalue weighted by Crippen LogP contribution is -2.56. The van der Waals surface area contributed by atoms with Gasteiger partial charge in [0.05, 0.1) is 31.7 Å². The molecule has 3 nitrogen and oxygen atoms in total. The number of rotatable bonds is 9. The van der Waals surface area contributed by atoms with Crippen LogP contribution >= 0.6 is 0 Å². The quantitative estimate of drug-likeness (QED) is 0.345. The van der Waals surface area contributed by atoms with E-state index in [1.165, 1.54) is 16.9 Å². The molecule has 0 amide bonds. The maximum atomic E-state index is 6.70. The fraction of sp³-hybridized carbons (Fsp3) is 0.533. The summed E-state index contributed by atoms with van der Waals surface area (Å²) in [6, 6.07) is 21.0. The van der Waals surface area contributed by atoms with Gasteiger partial charge in [-0.2, -0.15) is 0 Å². The van der Waals surface area contributed by atoms with Gasteiger partial charge >= 0.3 is 0 Å². The van der Waals surface area contributed by atoms with Gasteiger partial charge in [-0.3, -0.25) is 0 Å². The number of allylic oxidation sites excluding steroid dienone is 2. The molecule has 4 rings (SSSR count). The van der Waals surface area contributed by atoms with Crippen molar-refractivity contribution in [3.8, 4) is 0 Å². The summed E-state index contributed by atoms with van der Waals surface area (Å²) in [5.41, 5.74) is 2.40. The molecule has 0 unspecified atom stereocenters. The smallest absolute Gasteiger partial charge is 0.241 e. The van der Waals surface area contributed by atoms with E-state index < -0.39 is 8.32 Å². The highest BCUT2D eigenvalue weighted by Crippen LogP contribution is 2.59. The molecule has 4 atom stereocenters. The Labute approximate surface area is 207 Å². The van der Waals surface area contributed by atoms with Crippen LogP contribution in [-0.2, 0) is 27.1 Å². The van der Waals surface area contributed by atoms with Gasteiger partial charge in [0, 0.05) is 10.8 Å². The Kier molecular flexibility index (Phi) is 7.71. The van der Waals surface area contributed by atoms with Crippen molar-refractivity contribution in [2.24, 2.45) is 16.7 Å². The van der Waals surface area contributed by atoms with Gasteiger partial charge in [-0.15, -0.1) is 0 Å². The van der Waals surface area contributed by atoms with E-state index in [1.807, 2.05) is 0 Å². The Hall–Kier alpha value is -1.88. The molecule has 0 heterocycles. The molecular weight excluding hydrogens is 436 g/mol. The third-order valence-electron chi connectivity index (χ3n) is 7.81. The zero-order valence-corrected chi connectivity index (χ0v) is 22.7. The van der Waals surface area contributed by atoms with Crippen LogP contribution in [-0.4, -0.2) is 21.0 Å². The van der Waals surface area contributed by atoms with Crippen LogP contribution in [0.5, 0.6) is 0 Å². The summed E-state index contributed by atoms with van der Waals surface area (Å²) in [6.45, 7) is 13.7. The number of fused-ring (bicyclic) bond motifs is 1. The Morgan fingerprint density at radius 3 is 2.09 bits per heavy atom. The molecule has 0 bridgehead atoms. The van der Waals surface area contributed by atoms with Crippen molar-refractivity contribution in [3.05, 3.63) is 83.6 Å². The van der Waals surface area contributed by atoms with E-state index >= 15 is 0 Å². The van der Waals surface area contributed by atoms with Crippen molar-refractivity contribution in [2.45, 2.75) is 78.5 Å². The number of hydrogen-bond donors (Lipinski definition) is 0. The van der Waals surface area contributed by atoms with E-state index in [0.717, 1.165) is 25.7 Å². The Balaban J connectivity index is 1.56. The molecule has 0 aliphatic heterocycles. The lowest BCUT2D eigenvalue weighted by atomic mass is 9.51. The van der Waals surface area contributed by atoms with E-state index in [1.54, 1.807) is 0 Å². The van der Waals surface area contributed by atoms with Crippen LogP contribution < -0.4 is 0 Å². The molecule has 2 aliphatic carbocycles. The predicted octanol–water partition coefficient (Wildman–Crippen LogP) is 7.74. The second-order valence-electron chi connectivity index (χ2n) is 11.6. The minimum Gasteiger partial charge on any atom is -0.547 e. The SMILES string of the molecule is C[C@@]1(COCc2ccccc2)[C@@H](OCc2ccccc2)CC[C@]2(C)C(O[Si](C)(C)C)=CCC[C@@H]12. The van der Waals surface area contributed by atoms with Crippen LogP contribution in [0.25, 0.3) is 0 Å². The molecular formula is C30H42O3Si. The molecule has 2 aromatic rings. The second-order valence-corrected chi connectivity index (χ2v) is 16.1. The normalized spacial score (nSPS) is 29.3. The third-order valence-corrected chi connectivity index (χ3v) is 8.64. The fourth-order valence-corrected chi connectivity index (χ4v) is 7.11. The van der Waals surface area contributed by atoms with Gasteiger partial charge in [-0.1, -0.05) is 74.5 Å². The maximum Gasteiger partial charge on any atom is 0.241 e. The average molecular weight is 479 g/mol. The highest BCUT2D eigenvalue weighted by Gasteiger charge is 2.57. The summed E-state index contributed by atoms with van der Waals surface area (Å²) in [7, 11) is -1.69.